The Morgan fingerprint density at radius 2 is 2.25 bits per heavy atom. The van der Waals surface area contributed by atoms with E-state index in [1.807, 2.05) is 6.92 Å². The molecule has 3 nitrogen and oxygen atoms in total. The van der Waals surface area contributed by atoms with Crippen LogP contribution >= 0.6 is 0 Å². The molecule has 0 spiro atoms. The van der Waals surface area contributed by atoms with Gasteiger partial charge in [-0.1, -0.05) is 19.4 Å². The monoisotopic (exact) mass is 282 g/mol. The number of amides is 1. The van der Waals surface area contributed by atoms with E-state index < -0.39 is 11.6 Å². The molecule has 5 heteroatoms. The number of hydrogen-bond donors (Lipinski definition) is 2. The smallest absolute Gasteiger partial charge is 0.237 e. The van der Waals surface area contributed by atoms with Crippen LogP contribution in [-0.4, -0.2) is 25.0 Å². The van der Waals surface area contributed by atoms with Crippen LogP contribution in [0.5, 0.6) is 0 Å². The summed E-state index contributed by atoms with van der Waals surface area (Å²) in [6.07, 6.45) is 2.99. The van der Waals surface area contributed by atoms with E-state index >= 15 is 0 Å². The topological polar surface area (TPSA) is 41.1 Å². The van der Waals surface area contributed by atoms with Gasteiger partial charge in [0, 0.05) is 18.5 Å². The van der Waals surface area contributed by atoms with Crippen LogP contribution in [0, 0.1) is 11.6 Å². The molecule has 1 aliphatic rings. The first kappa shape index (κ1) is 14.9. The Morgan fingerprint density at radius 3 is 2.90 bits per heavy atom. The average Bonchev–Trinajstić information content (AvgIpc) is 2.45. The average molecular weight is 282 g/mol. The van der Waals surface area contributed by atoms with Crippen molar-refractivity contribution >= 4 is 5.91 Å². The molecule has 0 saturated carbocycles. The van der Waals surface area contributed by atoms with Crippen LogP contribution in [0.15, 0.2) is 18.2 Å². The summed E-state index contributed by atoms with van der Waals surface area (Å²) in [5.41, 5.74) is 0.420. The van der Waals surface area contributed by atoms with Crippen molar-refractivity contribution < 1.29 is 13.6 Å². The lowest BCUT2D eigenvalue weighted by Crippen LogP contribution is -2.47. The number of halogens is 2. The molecule has 1 aliphatic heterocycles. The summed E-state index contributed by atoms with van der Waals surface area (Å²) >= 11 is 0. The summed E-state index contributed by atoms with van der Waals surface area (Å²) < 4.78 is 26.5. The van der Waals surface area contributed by atoms with Crippen LogP contribution in [0.1, 0.15) is 37.7 Å². The molecule has 1 amide bonds. The van der Waals surface area contributed by atoms with Crippen molar-refractivity contribution in [3.63, 3.8) is 0 Å². The van der Waals surface area contributed by atoms with Gasteiger partial charge in [0.1, 0.15) is 11.6 Å². The first-order chi connectivity index (χ1) is 9.58. The van der Waals surface area contributed by atoms with Crippen LogP contribution in [-0.2, 0) is 4.79 Å². The van der Waals surface area contributed by atoms with Crippen molar-refractivity contribution in [3.05, 3.63) is 35.4 Å². The van der Waals surface area contributed by atoms with E-state index in [0.29, 0.717) is 12.1 Å². The van der Waals surface area contributed by atoms with Crippen LogP contribution in [0.4, 0.5) is 8.78 Å². The van der Waals surface area contributed by atoms with Gasteiger partial charge >= 0.3 is 0 Å². The predicted molar refractivity (Wildman–Crippen MR) is 73.4 cm³/mol. The number of nitrogens with one attached hydrogen (secondary N) is 2. The molecule has 2 atom stereocenters. The lowest BCUT2D eigenvalue weighted by atomic mass is 9.99. The summed E-state index contributed by atoms with van der Waals surface area (Å²) in [4.78, 5) is 11.9. The molecule has 2 rings (SSSR count). The molecule has 1 heterocycles. The van der Waals surface area contributed by atoms with Gasteiger partial charge in [-0.15, -0.1) is 0 Å². The van der Waals surface area contributed by atoms with Gasteiger partial charge in [0.05, 0.1) is 6.04 Å². The number of rotatable bonds is 4. The molecule has 110 valence electrons. The van der Waals surface area contributed by atoms with E-state index in [2.05, 4.69) is 10.6 Å². The van der Waals surface area contributed by atoms with Crippen LogP contribution in [0.25, 0.3) is 0 Å². The van der Waals surface area contributed by atoms with Gasteiger partial charge in [0.25, 0.3) is 0 Å². The fourth-order valence-corrected chi connectivity index (χ4v) is 2.46. The molecule has 1 unspecified atom stereocenters. The Kier molecular flexibility index (Phi) is 5.06. The number of benzene rings is 1. The molecule has 1 aromatic carbocycles. The molecule has 0 aliphatic carbocycles. The lowest BCUT2D eigenvalue weighted by molar-refractivity contribution is -0.123. The second-order valence-corrected chi connectivity index (χ2v) is 5.31. The van der Waals surface area contributed by atoms with E-state index in [4.69, 9.17) is 0 Å². The van der Waals surface area contributed by atoms with Crippen molar-refractivity contribution in [3.8, 4) is 0 Å². The van der Waals surface area contributed by atoms with Gasteiger partial charge in [-0.25, -0.2) is 8.78 Å². The first-order valence-corrected chi connectivity index (χ1v) is 7.04. The number of hydrogen-bond acceptors (Lipinski definition) is 2. The van der Waals surface area contributed by atoms with E-state index in [1.54, 1.807) is 0 Å². The zero-order valence-electron chi connectivity index (χ0n) is 11.6. The quantitative estimate of drug-likeness (QED) is 0.890. The maximum Gasteiger partial charge on any atom is 0.237 e. The number of piperidine rings is 1. The fraction of sp³-hybridized carbons (Fsp3) is 0.533. The Hall–Kier alpha value is -1.49. The minimum absolute atomic E-state index is 0.0425. The van der Waals surface area contributed by atoms with Crippen molar-refractivity contribution in [2.45, 2.75) is 38.1 Å². The maximum absolute atomic E-state index is 13.6. The molecular formula is C15H20F2N2O. The molecule has 0 bridgehead atoms. The number of carbonyl (C=O) groups is 1. The summed E-state index contributed by atoms with van der Waals surface area (Å²) in [5.74, 6) is -1.39. The van der Waals surface area contributed by atoms with Crippen molar-refractivity contribution in [2.75, 3.05) is 13.1 Å². The van der Waals surface area contributed by atoms with Gasteiger partial charge in [-0.2, -0.15) is 0 Å². The van der Waals surface area contributed by atoms with Gasteiger partial charge in [0.15, 0.2) is 0 Å². The van der Waals surface area contributed by atoms with E-state index in [0.717, 1.165) is 31.9 Å². The largest absolute Gasteiger partial charge is 0.354 e. The summed E-state index contributed by atoms with van der Waals surface area (Å²) in [7, 11) is 0. The highest BCUT2D eigenvalue weighted by molar-refractivity contribution is 5.81. The van der Waals surface area contributed by atoms with Crippen LogP contribution < -0.4 is 10.6 Å². The fourth-order valence-electron chi connectivity index (χ4n) is 2.46. The van der Waals surface area contributed by atoms with Crippen LogP contribution in [0.2, 0.25) is 0 Å². The van der Waals surface area contributed by atoms with Crippen LogP contribution in [0.3, 0.4) is 0 Å². The SMILES string of the molecule is CC(CNC(=O)[C@@H]1CCCCN1)c1ccc(F)cc1F. The summed E-state index contributed by atoms with van der Waals surface area (Å²) in [6.45, 7) is 3.02. The highest BCUT2D eigenvalue weighted by atomic mass is 19.1. The predicted octanol–water partition coefficient (Wildman–Crippen LogP) is 2.33. The lowest BCUT2D eigenvalue weighted by Gasteiger charge is -2.23. The zero-order valence-corrected chi connectivity index (χ0v) is 11.6. The maximum atomic E-state index is 13.6. The van der Waals surface area contributed by atoms with E-state index in [-0.39, 0.29) is 17.9 Å². The summed E-state index contributed by atoms with van der Waals surface area (Å²) in [5, 5.41) is 6.00. The molecule has 2 N–H and O–H groups in total. The molecular weight excluding hydrogens is 262 g/mol. The summed E-state index contributed by atoms with van der Waals surface area (Å²) in [6, 6.07) is 3.39. The van der Waals surface area contributed by atoms with Gasteiger partial charge in [0.2, 0.25) is 5.91 Å². The van der Waals surface area contributed by atoms with Gasteiger partial charge in [-0.3, -0.25) is 4.79 Å². The molecule has 0 aromatic heterocycles. The minimum atomic E-state index is -0.589. The highest BCUT2D eigenvalue weighted by Crippen LogP contribution is 2.19. The third kappa shape index (κ3) is 3.76. The standard InChI is InChI=1S/C15H20F2N2O/c1-10(12-6-5-11(16)8-13(12)17)9-19-15(20)14-4-2-3-7-18-14/h5-6,8,10,14,18H,2-4,7,9H2,1H3,(H,19,20)/t10?,14-/m0/s1. The first-order valence-electron chi connectivity index (χ1n) is 7.04. The highest BCUT2D eigenvalue weighted by Gasteiger charge is 2.21. The van der Waals surface area contributed by atoms with Gasteiger partial charge < -0.3 is 10.6 Å². The third-order valence-electron chi connectivity index (χ3n) is 3.70. The van der Waals surface area contributed by atoms with Crippen molar-refractivity contribution in [1.29, 1.82) is 0 Å². The van der Waals surface area contributed by atoms with Crippen molar-refractivity contribution in [1.82, 2.24) is 10.6 Å². The third-order valence-corrected chi connectivity index (χ3v) is 3.70. The molecule has 1 aromatic rings. The second-order valence-electron chi connectivity index (χ2n) is 5.31. The van der Waals surface area contributed by atoms with Gasteiger partial charge in [-0.05, 0) is 31.0 Å². The Balaban J connectivity index is 1.87. The second kappa shape index (κ2) is 6.79. The molecule has 0 radical (unpaired) electrons. The zero-order chi connectivity index (χ0) is 14.5. The normalized spacial score (nSPS) is 20.4. The minimum Gasteiger partial charge on any atom is -0.354 e. The molecule has 20 heavy (non-hydrogen) atoms. The van der Waals surface area contributed by atoms with Crippen molar-refractivity contribution in [2.24, 2.45) is 0 Å². The Labute approximate surface area is 117 Å². The Morgan fingerprint density at radius 1 is 1.45 bits per heavy atom. The molecule has 1 fully saturated rings. The number of carbonyl (C=O) groups excluding carboxylic acids is 1. The Bertz CT molecular complexity index is 473. The van der Waals surface area contributed by atoms with E-state index in [9.17, 15) is 13.6 Å². The molecule has 1 saturated heterocycles. The van der Waals surface area contributed by atoms with E-state index in [1.165, 1.54) is 12.1 Å².